The normalized spacial score (nSPS) is 14.2. The number of nitrogens with one attached hydrogen (secondary N) is 2. The molecular formula is C18H24ClN3OS. The van der Waals surface area contributed by atoms with E-state index in [0.717, 1.165) is 6.54 Å². The minimum absolute atomic E-state index is 0.350. The maximum absolute atomic E-state index is 10.3. The Hall–Kier alpha value is -1.56. The molecule has 2 rings (SSSR count). The minimum Gasteiger partial charge on any atom is -0.387 e. The van der Waals surface area contributed by atoms with Crippen molar-refractivity contribution in [3.8, 4) is 0 Å². The number of aliphatic imine (C=N–C) groups is 1. The molecule has 0 aliphatic heterocycles. The summed E-state index contributed by atoms with van der Waals surface area (Å²) in [5, 5.41) is 21.5. The molecule has 3 N–H and O–H groups in total. The van der Waals surface area contributed by atoms with Crippen molar-refractivity contribution >= 4 is 28.9 Å². The lowest BCUT2D eigenvalue weighted by Crippen LogP contribution is -2.39. The average Bonchev–Trinajstić information content (AvgIpc) is 3.12. The molecule has 2 unspecified atom stereocenters. The van der Waals surface area contributed by atoms with Gasteiger partial charge in [0.05, 0.1) is 6.10 Å². The van der Waals surface area contributed by atoms with E-state index >= 15 is 0 Å². The molecule has 0 bridgehead atoms. The van der Waals surface area contributed by atoms with Crippen LogP contribution >= 0.6 is 22.9 Å². The average molecular weight is 366 g/mol. The van der Waals surface area contributed by atoms with E-state index in [1.807, 2.05) is 25.1 Å². The molecule has 2 aromatic rings. The lowest BCUT2D eigenvalue weighted by atomic mass is 10.1. The van der Waals surface area contributed by atoms with E-state index in [1.54, 1.807) is 17.4 Å². The summed E-state index contributed by atoms with van der Waals surface area (Å²) in [6, 6.07) is 9.46. The van der Waals surface area contributed by atoms with Gasteiger partial charge >= 0.3 is 0 Å². The maximum atomic E-state index is 10.3. The zero-order valence-electron chi connectivity index (χ0n) is 14.0. The summed E-state index contributed by atoms with van der Waals surface area (Å²) in [5.74, 6) is 1.06. The highest BCUT2D eigenvalue weighted by molar-refractivity contribution is 7.07. The third-order valence-electron chi connectivity index (χ3n) is 3.71. The lowest BCUT2D eigenvalue weighted by molar-refractivity contribution is 0.181. The number of aliphatic hydroxyl groups excluding tert-OH is 1. The first-order valence-corrected chi connectivity index (χ1v) is 9.40. The molecule has 1 aromatic carbocycles. The molecule has 0 aliphatic rings. The molecule has 6 heteroatoms. The predicted molar refractivity (Wildman–Crippen MR) is 103 cm³/mol. The van der Waals surface area contributed by atoms with Crippen molar-refractivity contribution in [2.24, 2.45) is 4.99 Å². The Kier molecular flexibility index (Phi) is 7.56. The van der Waals surface area contributed by atoms with Crippen molar-refractivity contribution in [2.75, 3.05) is 19.6 Å². The molecule has 0 saturated carbocycles. The first-order valence-electron chi connectivity index (χ1n) is 8.08. The number of hydrogen-bond donors (Lipinski definition) is 3. The summed E-state index contributed by atoms with van der Waals surface area (Å²) in [7, 11) is 0. The second-order valence-corrected chi connectivity index (χ2v) is 6.78. The third-order valence-corrected chi connectivity index (χ3v) is 4.75. The van der Waals surface area contributed by atoms with Crippen LogP contribution in [0.5, 0.6) is 0 Å². The number of thiophene rings is 1. The Morgan fingerprint density at radius 2 is 2.08 bits per heavy atom. The number of aliphatic hydroxyl groups is 1. The molecule has 0 spiro atoms. The van der Waals surface area contributed by atoms with E-state index < -0.39 is 6.10 Å². The van der Waals surface area contributed by atoms with E-state index in [-0.39, 0.29) is 0 Å². The van der Waals surface area contributed by atoms with Crippen molar-refractivity contribution in [3.63, 3.8) is 0 Å². The molecule has 4 nitrogen and oxygen atoms in total. The Morgan fingerprint density at radius 1 is 1.29 bits per heavy atom. The van der Waals surface area contributed by atoms with Crippen molar-refractivity contribution in [3.05, 3.63) is 57.2 Å². The smallest absolute Gasteiger partial charge is 0.191 e. The van der Waals surface area contributed by atoms with Crippen molar-refractivity contribution in [2.45, 2.75) is 25.9 Å². The van der Waals surface area contributed by atoms with Gasteiger partial charge in [-0.1, -0.05) is 36.7 Å². The molecule has 0 amide bonds. The van der Waals surface area contributed by atoms with Crippen LogP contribution in [0.25, 0.3) is 0 Å². The summed E-state index contributed by atoms with van der Waals surface area (Å²) in [6.45, 7) is 5.98. The summed E-state index contributed by atoms with van der Waals surface area (Å²) < 4.78 is 0. The van der Waals surface area contributed by atoms with Crippen LogP contribution < -0.4 is 10.6 Å². The van der Waals surface area contributed by atoms with E-state index in [1.165, 1.54) is 5.56 Å². The molecule has 1 heterocycles. The van der Waals surface area contributed by atoms with Crippen LogP contribution in [0.3, 0.4) is 0 Å². The van der Waals surface area contributed by atoms with Crippen LogP contribution in [-0.4, -0.2) is 30.7 Å². The monoisotopic (exact) mass is 365 g/mol. The molecule has 0 aliphatic carbocycles. The number of hydrogen-bond acceptors (Lipinski definition) is 3. The zero-order chi connectivity index (χ0) is 17.4. The molecule has 0 radical (unpaired) electrons. The first-order chi connectivity index (χ1) is 11.6. The Morgan fingerprint density at radius 3 is 2.75 bits per heavy atom. The topological polar surface area (TPSA) is 56.7 Å². The van der Waals surface area contributed by atoms with Gasteiger partial charge in [0.1, 0.15) is 0 Å². The summed E-state index contributed by atoms with van der Waals surface area (Å²) >= 11 is 7.82. The highest BCUT2D eigenvalue weighted by atomic mass is 35.5. The van der Waals surface area contributed by atoms with Crippen molar-refractivity contribution in [1.82, 2.24) is 10.6 Å². The van der Waals surface area contributed by atoms with Crippen LogP contribution in [0, 0.1) is 0 Å². The van der Waals surface area contributed by atoms with Gasteiger partial charge in [-0.25, -0.2) is 0 Å². The number of halogens is 1. The second-order valence-electron chi connectivity index (χ2n) is 5.60. The van der Waals surface area contributed by atoms with Gasteiger partial charge in [0, 0.05) is 36.1 Å². The summed E-state index contributed by atoms with van der Waals surface area (Å²) in [6.07, 6.45) is -0.683. The van der Waals surface area contributed by atoms with E-state index in [0.29, 0.717) is 35.6 Å². The third kappa shape index (κ3) is 5.51. The van der Waals surface area contributed by atoms with Crippen LogP contribution in [0.2, 0.25) is 5.02 Å². The fraction of sp³-hybridized carbons (Fsp3) is 0.389. The van der Waals surface area contributed by atoms with Crippen molar-refractivity contribution in [1.29, 1.82) is 0 Å². The van der Waals surface area contributed by atoms with Crippen LogP contribution in [0.1, 0.15) is 37.0 Å². The van der Waals surface area contributed by atoms with Crippen LogP contribution in [0.4, 0.5) is 0 Å². The Labute approximate surface area is 152 Å². The number of nitrogens with zero attached hydrogens (tertiary/aromatic N) is 1. The predicted octanol–water partition coefficient (Wildman–Crippen LogP) is 3.79. The quantitative estimate of drug-likeness (QED) is 0.516. The van der Waals surface area contributed by atoms with E-state index in [9.17, 15) is 5.11 Å². The molecule has 130 valence electrons. The largest absolute Gasteiger partial charge is 0.387 e. The van der Waals surface area contributed by atoms with Crippen LogP contribution in [-0.2, 0) is 0 Å². The van der Waals surface area contributed by atoms with Gasteiger partial charge in [0.15, 0.2) is 5.96 Å². The van der Waals surface area contributed by atoms with Gasteiger partial charge in [0.25, 0.3) is 0 Å². The molecule has 1 aromatic heterocycles. The molecule has 0 fully saturated rings. The molecular weight excluding hydrogens is 342 g/mol. The highest BCUT2D eigenvalue weighted by Crippen LogP contribution is 2.22. The lowest BCUT2D eigenvalue weighted by Gasteiger charge is -2.17. The standard InChI is InChI=1S/C18H24ClN3OS/c1-3-20-18(21-10-13(2)14-8-9-24-12-14)22-11-17(23)15-6-4-5-7-16(15)19/h4-9,12-13,17,23H,3,10-11H2,1-2H3,(H2,20,21,22). The number of rotatable bonds is 7. The van der Waals surface area contributed by atoms with Gasteiger partial charge in [-0.2, -0.15) is 11.3 Å². The molecule has 0 saturated heterocycles. The summed E-state index contributed by atoms with van der Waals surface area (Å²) in [4.78, 5) is 4.61. The van der Waals surface area contributed by atoms with E-state index in [2.05, 4.69) is 39.4 Å². The highest BCUT2D eigenvalue weighted by Gasteiger charge is 2.12. The number of benzene rings is 1. The fourth-order valence-electron chi connectivity index (χ4n) is 2.28. The molecule has 24 heavy (non-hydrogen) atoms. The minimum atomic E-state index is -0.683. The zero-order valence-corrected chi connectivity index (χ0v) is 15.6. The van der Waals surface area contributed by atoms with Gasteiger partial charge in [-0.05, 0) is 35.4 Å². The van der Waals surface area contributed by atoms with Crippen LogP contribution in [0.15, 0.2) is 46.1 Å². The Bertz CT molecular complexity index is 645. The second kappa shape index (κ2) is 9.67. The van der Waals surface area contributed by atoms with Gasteiger partial charge in [0.2, 0.25) is 0 Å². The number of guanidine groups is 1. The Balaban J connectivity index is 1.93. The first kappa shape index (κ1) is 18.8. The van der Waals surface area contributed by atoms with E-state index in [4.69, 9.17) is 11.6 Å². The SMILES string of the molecule is CCNC(=NCC(C)c1ccsc1)NCC(O)c1ccccc1Cl. The van der Waals surface area contributed by atoms with Gasteiger partial charge in [-0.3, -0.25) is 4.99 Å². The molecule has 2 atom stereocenters. The van der Waals surface area contributed by atoms with Gasteiger partial charge in [-0.15, -0.1) is 0 Å². The van der Waals surface area contributed by atoms with Gasteiger partial charge < -0.3 is 15.7 Å². The maximum Gasteiger partial charge on any atom is 0.191 e. The van der Waals surface area contributed by atoms with Crippen molar-refractivity contribution < 1.29 is 5.11 Å². The fourth-order valence-corrected chi connectivity index (χ4v) is 3.32. The summed E-state index contributed by atoms with van der Waals surface area (Å²) in [5.41, 5.74) is 2.02.